The zero-order valence-corrected chi connectivity index (χ0v) is 11.9. The molecule has 0 saturated carbocycles. The third-order valence-corrected chi connectivity index (χ3v) is 3.10. The molecule has 0 aromatic heterocycles. The zero-order chi connectivity index (χ0) is 12.7. The lowest BCUT2D eigenvalue weighted by molar-refractivity contribution is -0.141. The minimum absolute atomic E-state index is 0.349. The van der Waals surface area contributed by atoms with Crippen molar-refractivity contribution in [2.45, 2.75) is 39.5 Å². The van der Waals surface area contributed by atoms with Crippen molar-refractivity contribution < 1.29 is 9.47 Å². The van der Waals surface area contributed by atoms with E-state index in [9.17, 15) is 0 Å². The van der Waals surface area contributed by atoms with Crippen molar-refractivity contribution in [3.8, 4) is 0 Å². The molecular formula is C13H28N2O2. The van der Waals surface area contributed by atoms with E-state index >= 15 is 0 Å². The van der Waals surface area contributed by atoms with Gasteiger partial charge in [0.25, 0.3) is 5.91 Å². The average Bonchev–Trinajstić information content (AvgIpc) is 3.12. The van der Waals surface area contributed by atoms with Crippen molar-refractivity contribution in [2.75, 3.05) is 46.4 Å². The van der Waals surface area contributed by atoms with Crippen LogP contribution in [0.4, 0.5) is 0 Å². The van der Waals surface area contributed by atoms with Crippen molar-refractivity contribution >= 4 is 0 Å². The van der Waals surface area contributed by atoms with Crippen molar-refractivity contribution in [3.05, 3.63) is 0 Å². The van der Waals surface area contributed by atoms with Crippen LogP contribution < -0.4 is 0 Å². The molecule has 2 heterocycles. The van der Waals surface area contributed by atoms with Crippen LogP contribution in [0.15, 0.2) is 0 Å². The SMILES string of the molecule is CCC.CCCN1CCN(C2(OC)CO2)CC1. The fourth-order valence-electron chi connectivity index (χ4n) is 2.12. The summed E-state index contributed by atoms with van der Waals surface area (Å²) in [5.41, 5.74) is 0. The molecule has 0 bridgehead atoms. The van der Waals surface area contributed by atoms with Crippen molar-refractivity contribution in [1.29, 1.82) is 0 Å². The van der Waals surface area contributed by atoms with Gasteiger partial charge >= 0.3 is 0 Å². The van der Waals surface area contributed by atoms with Gasteiger partial charge in [-0.15, -0.1) is 0 Å². The number of ether oxygens (including phenoxy) is 2. The molecule has 0 spiro atoms. The molecule has 102 valence electrons. The van der Waals surface area contributed by atoms with Gasteiger partial charge in [-0.1, -0.05) is 27.2 Å². The van der Waals surface area contributed by atoms with Gasteiger partial charge in [0, 0.05) is 33.3 Å². The van der Waals surface area contributed by atoms with E-state index in [0.717, 1.165) is 32.8 Å². The molecule has 0 aliphatic carbocycles. The second kappa shape index (κ2) is 7.31. The molecule has 4 nitrogen and oxygen atoms in total. The molecule has 4 heteroatoms. The van der Waals surface area contributed by atoms with Crippen LogP contribution in [-0.4, -0.2) is 62.2 Å². The van der Waals surface area contributed by atoms with Gasteiger partial charge in [0.15, 0.2) is 0 Å². The van der Waals surface area contributed by atoms with Crippen LogP contribution in [0.1, 0.15) is 33.6 Å². The highest BCUT2D eigenvalue weighted by Gasteiger charge is 2.51. The Balaban J connectivity index is 0.000000437. The molecule has 0 amide bonds. The van der Waals surface area contributed by atoms with Crippen LogP contribution in [0.5, 0.6) is 0 Å². The van der Waals surface area contributed by atoms with Gasteiger partial charge in [-0.25, -0.2) is 4.90 Å². The number of hydrogen-bond acceptors (Lipinski definition) is 4. The number of rotatable bonds is 4. The maximum atomic E-state index is 5.37. The van der Waals surface area contributed by atoms with Crippen LogP contribution in [0, 0.1) is 0 Å². The molecular weight excluding hydrogens is 216 g/mol. The Morgan fingerprint density at radius 1 is 1.12 bits per heavy atom. The molecule has 1 unspecified atom stereocenters. The quantitative estimate of drug-likeness (QED) is 0.705. The number of methoxy groups -OCH3 is 1. The molecule has 2 fully saturated rings. The van der Waals surface area contributed by atoms with Crippen molar-refractivity contribution in [1.82, 2.24) is 9.80 Å². The standard InChI is InChI=1S/C10H20N2O2.C3H8/c1-3-4-11-5-7-12(8-6-11)10(13-2)9-14-10;1-3-2/h3-9H2,1-2H3;3H2,1-2H3. The topological polar surface area (TPSA) is 28.2 Å². The molecule has 0 aromatic rings. The molecule has 0 radical (unpaired) electrons. The number of epoxide rings is 1. The summed E-state index contributed by atoms with van der Waals surface area (Å²) in [7, 11) is 1.73. The maximum absolute atomic E-state index is 5.37. The van der Waals surface area contributed by atoms with Crippen LogP contribution >= 0.6 is 0 Å². The van der Waals surface area contributed by atoms with E-state index in [-0.39, 0.29) is 5.91 Å². The summed E-state index contributed by atoms with van der Waals surface area (Å²) in [5.74, 6) is -0.349. The van der Waals surface area contributed by atoms with E-state index in [0.29, 0.717) is 0 Å². The Morgan fingerprint density at radius 2 is 1.65 bits per heavy atom. The van der Waals surface area contributed by atoms with Crippen LogP contribution in [0.2, 0.25) is 0 Å². The van der Waals surface area contributed by atoms with E-state index in [1.165, 1.54) is 19.4 Å². The van der Waals surface area contributed by atoms with Crippen molar-refractivity contribution in [2.24, 2.45) is 0 Å². The lowest BCUT2D eigenvalue weighted by Gasteiger charge is -2.36. The molecule has 2 rings (SSSR count). The smallest absolute Gasteiger partial charge is 0.254 e. The van der Waals surface area contributed by atoms with E-state index < -0.39 is 0 Å². The zero-order valence-electron chi connectivity index (χ0n) is 11.9. The Labute approximate surface area is 106 Å². The van der Waals surface area contributed by atoms with E-state index in [2.05, 4.69) is 30.6 Å². The molecule has 2 saturated heterocycles. The molecule has 0 N–H and O–H groups in total. The first-order valence-electron chi connectivity index (χ1n) is 6.88. The second-order valence-electron chi connectivity index (χ2n) is 4.74. The number of piperazine rings is 1. The first kappa shape index (κ1) is 14.9. The van der Waals surface area contributed by atoms with Gasteiger partial charge in [-0.05, 0) is 13.0 Å². The van der Waals surface area contributed by atoms with Gasteiger partial charge in [-0.2, -0.15) is 0 Å². The highest BCUT2D eigenvalue weighted by atomic mass is 16.8. The number of hydrogen-bond donors (Lipinski definition) is 0. The summed E-state index contributed by atoms with van der Waals surface area (Å²) < 4.78 is 10.7. The largest absolute Gasteiger partial charge is 0.339 e. The summed E-state index contributed by atoms with van der Waals surface area (Å²) in [6.45, 7) is 12.8. The minimum atomic E-state index is -0.349. The molecule has 1 atom stereocenters. The lowest BCUT2D eigenvalue weighted by Crippen LogP contribution is -2.52. The monoisotopic (exact) mass is 244 g/mol. The summed E-state index contributed by atoms with van der Waals surface area (Å²) in [4.78, 5) is 4.81. The first-order chi connectivity index (χ1) is 8.22. The molecule has 17 heavy (non-hydrogen) atoms. The summed E-state index contributed by atoms with van der Waals surface area (Å²) in [6.07, 6.45) is 2.49. The molecule has 2 aliphatic rings. The minimum Gasteiger partial charge on any atom is -0.339 e. The van der Waals surface area contributed by atoms with E-state index in [1.54, 1.807) is 7.11 Å². The predicted molar refractivity (Wildman–Crippen MR) is 70.0 cm³/mol. The fraction of sp³-hybridized carbons (Fsp3) is 1.00. The highest BCUT2D eigenvalue weighted by Crippen LogP contribution is 2.32. The van der Waals surface area contributed by atoms with Gasteiger partial charge < -0.3 is 14.4 Å². The Hall–Kier alpha value is -0.160. The highest BCUT2D eigenvalue weighted by molar-refractivity contribution is 4.86. The second-order valence-corrected chi connectivity index (χ2v) is 4.74. The fourth-order valence-corrected chi connectivity index (χ4v) is 2.12. The first-order valence-corrected chi connectivity index (χ1v) is 6.88. The average molecular weight is 244 g/mol. The van der Waals surface area contributed by atoms with Crippen molar-refractivity contribution in [3.63, 3.8) is 0 Å². The molecule has 2 aliphatic heterocycles. The number of nitrogens with zero attached hydrogens (tertiary/aromatic N) is 2. The predicted octanol–water partition coefficient (Wildman–Crippen LogP) is 1.76. The Kier molecular flexibility index (Phi) is 6.41. The van der Waals surface area contributed by atoms with Crippen LogP contribution in [-0.2, 0) is 9.47 Å². The van der Waals surface area contributed by atoms with Gasteiger partial charge in [0.2, 0.25) is 0 Å². The summed E-state index contributed by atoms with van der Waals surface area (Å²) in [5, 5.41) is 0. The van der Waals surface area contributed by atoms with Crippen LogP contribution in [0.3, 0.4) is 0 Å². The Morgan fingerprint density at radius 3 is 2.00 bits per heavy atom. The summed E-state index contributed by atoms with van der Waals surface area (Å²) >= 11 is 0. The van der Waals surface area contributed by atoms with Gasteiger partial charge in [0.1, 0.15) is 6.61 Å². The normalized spacial score (nSPS) is 29.6. The third kappa shape index (κ3) is 4.21. The van der Waals surface area contributed by atoms with E-state index in [1.807, 2.05) is 0 Å². The Bertz CT molecular complexity index is 200. The maximum Gasteiger partial charge on any atom is 0.254 e. The third-order valence-electron chi connectivity index (χ3n) is 3.10. The van der Waals surface area contributed by atoms with Gasteiger partial charge in [-0.3, -0.25) is 0 Å². The molecule has 0 aromatic carbocycles. The summed E-state index contributed by atoms with van der Waals surface area (Å²) in [6, 6.07) is 0. The van der Waals surface area contributed by atoms with Gasteiger partial charge in [0.05, 0.1) is 0 Å². The lowest BCUT2D eigenvalue weighted by atomic mass is 10.3. The van der Waals surface area contributed by atoms with E-state index in [4.69, 9.17) is 9.47 Å². The van der Waals surface area contributed by atoms with Crippen LogP contribution in [0.25, 0.3) is 0 Å².